The van der Waals surface area contributed by atoms with Crippen LogP contribution in [-0.4, -0.2) is 17.0 Å². The van der Waals surface area contributed by atoms with Crippen molar-refractivity contribution in [2.24, 2.45) is 0 Å². The number of carbonyl (C=O) groups is 2. The Morgan fingerprint density at radius 1 is 1.00 bits per heavy atom. The Balaban J connectivity index is 1.79. The number of benzene rings is 2. The van der Waals surface area contributed by atoms with Gasteiger partial charge in [-0.15, -0.1) is 0 Å². The maximum absolute atomic E-state index is 12.2. The Morgan fingerprint density at radius 3 is 2.33 bits per heavy atom. The first kappa shape index (κ1) is 17.7. The van der Waals surface area contributed by atoms with Gasteiger partial charge in [0.1, 0.15) is 23.2 Å². The highest BCUT2D eigenvalue weighted by Gasteiger charge is 2.12. The molecule has 27 heavy (non-hydrogen) atoms. The van der Waals surface area contributed by atoms with Crippen LogP contribution in [0.1, 0.15) is 16.1 Å². The first-order valence-electron chi connectivity index (χ1n) is 7.98. The minimum atomic E-state index is -1.01. The van der Waals surface area contributed by atoms with Crippen LogP contribution in [0, 0.1) is 11.3 Å². The molecule has 132 valence electrons. The number of hydrogen-bond acceptors (Lipinski definition) is 4. The standard InChI is InChI=1S/C21H14N2O4/c22-13-16(20(24)23-17-4-2-1-3-5-17)12-18-10-11-19(27-18)14-6-8-15(9-7-14)21(25)26/h1-12H,(H,23,24)(H,25,26)/b16-12+. The zero-order valence-electron chi connectivity index (χ0n) is 14.0. The molecule has 1 aromatic heterocycles. The summed E-state index contributed by atoms with van der Waals surface area (Å²) in [4.78, 5) is 23.1. The average molecular weight is 358 g/mol. The minimum absolute atomic E-state index is 0.0963. The number of rotatable bonds is 5. The highest BCUT2D eigenvalue weighted by atomic mass is 16.4. The molecule has 2 aromatic carbocycles. The Labute approximate surface area is 155 Å². The molecule has 0 aliphatic heterocycles. The van der Waals surface area contributed by atoms with Gasteiger partial charge in [-0.2, -0.15) is 5.26 Å². The summed E-state index contributed by atoms with van der Waals surface area (Å²) < 4.78 is 5.65. The molecule has 0 aliphatic carbocycles. The molecule has 0 fully saturated rings. The SMILES string of the molecule is N#C/C(=C\c1ccc(-c2ccc(C(=O)O)cc2)o1)C(=O)Nc1ccccc1. The van der Waals surface area contributed by atoms with Crippen molar-refractivity contribution in [2.75, 3.05) is 5.32 Å². The van der Waals surface area contributed by atoms with Crippen molar-refractivity contribution in [3.8, 4) is 17.4 Å². The van der Waals surface area contributed by atoms with Gasteiger partial charge >= 0.3 is 5.97 Å². The number of carboxylic acids is 1. The molecule has 0 saturated carbocycles. The van der Waals surface area contributed by atoms with Gasteiger partial charge in [-0.05, 0) is 36.4 Å². The summed E-state index contributed by atoms with van der Waals surface area (Å²) in [5.74, 6) is -0.703. The third-order valence-electron chi connectivity index (χ3n) is 3.73. The summed E-state index contributed by atoms with van der Waals surface area (Å²) >= 11 is 0. The second-order valence-electron chi connectivity index (χ2n) is 5.57. The first-order chi connectivity index (χ1) is 13.1. The fourth-order valence-electron chi connectivity index (χ4n) is 2.37. The van der Waals surface area contributed by atoms with E-state index in [1.165, 1.54) is 18.2 Å². The number of nitriles is 1. The predicted molar refractivity (Wildman–Crippen MR) is 99.8 cm³/mol. The van der Waals surface area contributed by atoms with Gasteiger partial charge in [0, 0.05) is 17.3 Å². The molecule has 0 saturated heterocycles. The van der Waals surface area contributed by atoms with Crippen LogP contribution in [0.2, 0.25) is 0 Å². The number of aromatic carboxylic acids is 1. The number of carbonyl (C=O) groups excluding carboxylic acids is 1. The van der Waals surface area contributed by atoms with Crippen LogP contribution >= 0.6 is 0 Å². The molecule has 6 nitrogen and oxygen atoms in total. The molecule has 2 N–H and O–H groups in total. The van der Waals surface area contributed by atoms with Gasteiger partial charge < -0.3 is 14.8 Å². The molecular weight excluding hydrogens is 344 g/mol. The number of carboxylic acid groups (broad SMARTS) is 1. The van der Waals surface area contributed by atoms with Crippen molar-refractivity contribution < 1.29 is 19.1 Å². The van der Waals surface area contributed by atoms with E-state index in [2.05, 4.69) is 5.32 Å². The van der Waals surface area contributed by atoms with Crippen LogP contribution in [-0.2, 0) is 4.79 Å². The molecule has 3 aromatic rings. The van der Waals surface area contributed by atoms with Crippen LogP contribution < -0.4 is 5.32 Å². The molecular formula is C21H14N2O4. The Morgan fingerprint density at radius 2 is 1.70 bits per heavy atom. The number of nitrogens with one attached hydrogen (secondary N) is 1. The summed E-state index contributed by atoms with van der Waals surface area (Å²) in [5, 5.41) is 20.8. The minimum Gasteiger partial charge on any atom is -0.478 e. The maximum atomic E-state index is 12.2. The van der Waals surface area contributed by atoms with E-state index >= 15 is 0 Å². The monoisotopic (exact) mass is 358 g/mol. The van der Waals surface area contributed by atoms with Gasteiger partial charge in [0.15, 0.2) is 0 Å². The molecule has 0 aliphatic rings. The van der Waals surface area contributed by atoms with E-state index in [4.69, 9.17) is 9.52 Å². The lowest BCUT2D eigenvalue weighted by Crippen LogP contribution is -2.13. The van der Waals surface area contributed by atoms with Gasteiger partial charge in [0.2, 0.25) is 0 Å². The molecule has 0 spiro atoms. The number of anilines is 1. The van der Waals surface area contributed by atoms with Crippen molar-refractivity contribution in [2.45, 2.75) is 0 Å². The number of furan rings is 1. The number of hydrogen-bond donors (Lipinski definition) is 2. The van der Waals surface area contributed by atoms with E-state index in [0.717, 1.165) is 0 Å². The number of amides is 1. The zero-order chi connectivity index (χ0) is 19.2. The lowest BCUT2D eigenvalue weighted by Gasteiger charge is -2.03. The van der Waals surface area contributed by atoms with E-state index in [1.54, 1.807) is 48.5 Å². The predicted octanol–water partition coefficient (Wildman–Crippen LogP) is 4.19. The van der Waals surface area contributed by atoms with Gasteiger partial charge in [0.05, 0.1) is 5.56 Å². The molecule has 1 heterocycles. The van der Waals surface area contributed by atoms with Crippen LogP contribution in [0.15, 0.2) is 76.7 Å². The lowest BCUT2D eigenvalue weighted by atomic mass is 10.1. The first-order valence-corrected chi connectivity index (χ1v) is 7.98. The van der Waals surface area contributed by atoms with Crippen molar-refractivity contribution in [3.05, 3.63) is 83.6 Å². The smallest absolute Gasteiger partial charge is 0.335 e. The number of nitrogens with zero attached hydrogens (tertiary/aromatic N) is 1. The van der Waals surface area contributed by atoms with Gasteiger partial charge in [-0.1, -0.05) is 30.3 Å². The Bertz CT molecular complexity index is 1040. The van der Waals surface area contributed by atoms with E-state index in [9.17, 15) is 14.9 Å². The zero-order valence-corrected chi connectivity index (χ0v) is 14.0. The van der Waals surface area contributed by atoms with E-state index in [1.807, 2.05) is 12.1 Å². The van der Waals surface area contributed by atoms with E-state index in [-0.39, 0.29) is 11.1 Å². The topological polar surface area (TPSA) is 103 Å². The summed E-state index contributed by atoms with van der Waals surface area (Å²) in [6, 6.07) is 20.2. The van der Waals surface area contributed by atoms with Gasteiger partial charge in [-0.25, -0.2) is 4.79 Å². The van der Waals surface area contributed by atoms with Crippen LogP contribution in [0.25, 0.3) is 17.4 Å². The highest BCUT2D eigenvalue weighted by molar-refractivity contribution is 6.09. The molecule has 6 heteroatoms. The van der Waals surface area contributed by atoms with Gasteiger partial charge in [-0.3, -0.25) is 4.79 Å². The molecule has 0 radical (unpaired) electrons. The molecule has 0 atom stereocenters. The van der Waals surface area contributed by atoms with Gasteiger partial charge in [0.25, 0.3) is 5.91 Å². The molecule has 0 bridgehead atoms. The molecule has 0 unspecified atom stereocenters. The van der Waals surface area contributed by atoms with Crippen LogP contribution in [0.4, 0.5) is 5.69 Å². The third kappa shape index (κ3) is 4.30. The Kier molecular flexibility index (Phi) is 5.15. The number of para-hydroxylation sites is 1. The average Bonchev–Trinajstić information content (AvgIpc) is 3.15. The van der Waals surface area contributed by atoms with E-state index < -0.39 is 11.9 Å². The molecule has 1 amide bonds. The van der Waals surface area contributed by atoms with Crippen LogP contribution in [0.3, 0.4) is 0 Å². The summed E-state index contributed by atoms with van der Waals surface area (Å²) in [5.41, 5.74) is 1.35. The normalized spacial score (nSPS) is 10.9. The largest absolute Gasteiger partial charge is 0.478 e. The van der Waals surface area contributed by atoms with Crippen molar-refractivity contribution >= 4 is 23.6 Å². The fourth-order valence-corrected chi connectivity index (χ4v) is 2.37. The second kappa shape index (κ2) is 7.85. The fraction of sp³-hybridized carbons (Fsp3) is 0. The van der Waals surface area contributed by atoms with Crippen LogP contribution in [0.5, 0.6) is 0 Å². The second-order valence-corrected chi connectivity index (χ2v) is 5.57. The highest BCUT2D eigenvalue weighted by Crippen LogP contribution is 2.24. The lowest BCUT2D eigenvalue weighted by molar-refractivity contribution is -0.112. The van der Waals surface area contributed by atoms with Crippen molar-refractivity contribution in [3.63, 3.8) is 0 Å². The summed E-state index contributed by atoms with van der Waals surface area (Å²) in [6.07, 6.45) is 1.35. The van der Waals surface area contributed by atoms with Crippen molar-refractivity contribution in [1.82, 2.24) is 0 Å². The summed E-state index contributed by atoms with van der Waals surface area (Å²) in [7, 11) is 0. The maximum Gasteiger partial charge on any atom is 0.335 e. The van der Waals surface area contributed by atoms with E-state index in [0.29, 0.717) is 22.8 Å². The summed E-state index contributed by atoms with van der Waals surface area (Å²) in [6.45, 7) is 0. The third-order valence-corrected chi connectivity index (χ3v) is 3.73. The van der Waals surface area contributed by atoms with Crippen molar-refractivity contribution in [1.29, 1.82) is 5.26 Å². The molecule has 3 rings (SSSR count). The quantitative estimate of drug-likeness (QED) is 0.526. The Hall–Kier alpha value is -4.11.